The van der Waals surface area contributed by atoms with Gasteiger partial charge in [0.25, 0.3) is 0 Å². The lowest BCUT2D eigenvalue weighted by Gasteiger charge is -2.30. The Hall–Kier alpha value is -1.62. The maximum atomic E-state index is 9.50. The number of nitrogen functional groups attached to an aromatic ring is 1. The number of aromatic nitrogens is 1. The van der Waals surface area contributed by atoms with Crippen LogP contribution in [0.4, 0.5) is 5.69 Å². The van der Waals surface area contributed by atoms with Gasteiger partial charge in [0.1, 0.15) is 11.5 Å². The van der Waals surface area contributed by atoms with Crippen molar-refractivity contribution < 1.29 is 5.11 Å². The lowest BCUT2D eigenvalue weighted by molar-refractivity contribution is 0.255. The highest BCUT2D eigenvalue weighted by molar-refractivity contribution is 5.93. The van der Waals surface area contributed by atoms with Gasteiger partial charge in [0.15, 0.2) is 0 Å². The highest BCUT2D eigenvalue weighted by Gasteiger charge is 2.21. The number of rotatable bonds is 3. The number of nitrogens with one attached hydrogen (secondary N) is 1. The van der Waals surface area contributed by atoms with Gasteiger partial charge >= 0.3 is 0 Å². The number of nitrogens with two attached hydrogens (primary N) is 1. The first-order valence-electron chi connectivity index (χ1n) is 6.40. The molecule has 0 saturated carbocycles. The molecule has 1 fully saturated rings. The van der Waals surface area contributed by atoms with Crippen molar-refractivity contribution in [2.75, 3.05) is 18.1 Å². The largest absolute Gasteiger partial charge is 0.394 e. The molecule has 0 radical (unpaired) electrons. The third kappa shape index (κ3) is 2.79. The van der Waals surface area contributed by atoms with Crippen molar-refractivity contribution in [1.82, 2.24) is 4.98 Å². The van der Waals surface area contributed by atoms with E-state index in [0.717, 1.165) is 31.5 Å². The zero-order valence-electron chi connectivity index (χ0n) is 10.5. The van der Waals surface area contributed by atoms with E-state index in [1.165, 1.54) is 6.42 Å². The minimum Gasteiger partial charge on any atom is -0.394 e. The van der Waals surface area contributed by atoms with Crippen molar-refractivity contribution in [2.24, 2.45) is 5.73 Å². The molecule has 1 atom stereocenters. The third-order valence-electron chi connectivity index (χ3n) is 3.44. The Morgan fingerprint density at radius 1 is 1.50 bits per heavy atom. The molecule has 0 aromatic carbocycles. The van der Waals surface area contributed by atoms with Crippen LogP contribution in [0.25, 0.3) is 0 Å². The molecule has 4 N–H and O–H groups in total. The molecule has 18 heavy (non-hydrogen) atoms. The lowest BCUT2D eigenvalue weighted by atomic mass is 10.1. The summed E-state index contributed by atoms with van der Waals surface area (Å²) in [4.78, 5) is 6.28. The van der Waals surface area contributed by atoms with Gasteiger partial charge in [-0.3, -0.25) is 10.4 Å². The summed E-state index contributed by atoms with van der Waals surface area (Å²) in [7, 11) is 0. The molecule has 1 aliphatic rings. The number of hydrogen-bond acceptors (Lipinski definition) is 4. The number of aliphatic hydroxyl groups is 1. The van der Waals surface area contributed by atoms with E-state index in [0.29, 0.717) is 5.69 Å². The van der Waals surface area contributed by atoms with Crippen molar-refractivity contribution in [3.8, 4) is 0 Å². The molecule has 1 unspecified atom stereocenters. The maximum absolute atomic E-state index is 9.50. The van der Waals surface area contributed by atoms with E-state index in [2.05, 4.69) is 9.88 Å². The van der Waals surface area contributed by atoms with Crippen LogP contribution < -0.4 is 10.6 Å². The second-order valence-corrected chi connectivity index (χ2v) is 4.69. The number of aliphatic hydroxyl groups excluding tert-OH is 1. The molecule has 5 heteroatoms. The Labute approximate surface area is 107 Å². The molecule has 0 bridgehead atoms. The smallest absolute Gasteiger partial charge is 0.141 e. The summed E-state index contributed by atoms with van der Waals surface area (Å²) in [6, 6.07) is 3.91. The van der Waals surface area contributed by atoms with Gasteiger partial charge in [-0.05, 0) is 25.0 Å². The van der Waals surface area contributed by atoms with E-state index < -0.39 is 0 Å². The minimum atomic E-state index is -0.0211. The lowest BCUT2D eigenvalue weighted by Crippen LogP contribution is -2.37. The van der Waals surface area contributed by atoms with E-state index in [1.807, 2.05) is 12.1 Å². The van der Waals surface area contributed by atoms with Crippen LogP contribution in [0.2, 0.25) is 0 Å². The molecule has 1 aromatic rings. The van der Waals surface area contributed by atoms with Gasteiger partial charge in [-0.15, -0.1) is 0 Å². The SMILES string of the molecule is N=C(N)c1cc(N2CCCCCC2CO)ccn1. The van der Waals surface area contributed by atoms with E-state index in [1.54, 1.807) is 6.20 Å². The van der Waals surface area contributed by atoms with Crippen molar-refractivity contribution in [3.05, 3.63) is 24.0 Å². The van der Waals surface area contributed by atoms with Gasteiger partial charge in [0.05, 0.1) is 12.6 Å². The fourth-order valence-corrected chi connectivity index (χ4v) is 2.45. The van der Waals surface area contributed by atoms with Gasteiger partial charge in [-0.1, -0.05) is 12.8 Å². The van der Waals surface area contributed by atoms with Gasteiger partial charge < -0.3 is 15.7 Å². The van der Waals surface area contributed by atoms with Crippen LogP contribution in [-0.4, -0.2) is 35.1 Å². The molecule has 2 heterocycles. The predicted molar refractivity (Wildman–Crippen MR) is 71.9 cm³/mol. The Bertz CT molecular complexity index is 421. The van der Waals surface area contributed by atoms with Gasteiger partial charge in [0, 0.05) is 18.4 Å². The molecule has 0 spiro atoms. The normalized spacial score (nSPS) is 20.5. The summed E-state index contributed by atoms with van der Waals surface area (Å²) in [5, 5.41) is 16.9. The first-order chi connectivity index (χ1) is 8.72. The zero-order chi connectivity index (χ0) is 13.0. The standard InChI is InChI=1S/C13H20N4O/c14-13(15)12-8-10(5-6-16-12)17-7-3-1-2-4-11(17)9-18/h5-6,8,11,18H,1-4,7,9H2,(H3,14,15). The molecule has 0 aliphatic carbocycles. The van der Waals surface area contributed by atoms with E-state index >= 15 is 0 Å². The fraction of sp³-hybridized carbons (Fsp3) is 0.538. The number of anilines is 1. The quantitative estimate of drug-likeness (QED) is 0.552. The van der Waals surface area contributed by atoms with Crippen LogP contribution in [0.5, 0.6) is 0 Å². The van der Waals surface area contributed by atoms with E-state index in [9.17, 15) is 5.11 Å². The van der Waals surface area contributed by atoms with Crippen LogP contribution >= 0.6 is 0 Å². The Morgan fingerprint density at radius 2 is 2.33 bits per heavy atom. The Morgan fingerprint density at radius 3 is 3.06 bits per heavy atom. The second kappa shape index (κ2) is 5.82. The van der Waals surface area contributed by atoms with Gasteiger partial charge in [-0.25, -0.2) is 0 Å². The Kier molecular flexibility index (Phi) is 4.15. The van der Waals surface area contributed by atoms with Crippen molar-refractivity contribution in [1.29, 1.82) is 5.41 Å². The molecule has 1 saturated heterocycles. The topological polar surface area (TPSA) is 86.2 Å². The fourth-order valence-electron chi connectivity index (χ4n) is 2.45. The monoisotopic (exact) mass is 248 g/mol. The number of nitrogens with zero attached hydrogens (tertiary/aromatic N) is 2. The second-order valence-electron chi connectivity index (χ2n) is 4.69. The number of hydrogen-bond donors (Lipinski definition) is 3. The van der Waals surface area contributed by atoms with Crippen LogP contribution in [0, 0.1) is 5.41 Å². The number of pyridine rings is 1. The zero-order valence-corrected chi connectivity index (χ0v) is 10.5. The Balaban J connectivity index is 2.26. The van der Waals surface area contributed by atoms with Crippen LogP contribution in [-0.2, 0) is 0 Å². The molecular formula is C13H20N4O. The molecule has 5 nitrogen and oxygen atoms in total. The van der Waals surface area contributed by atoms with Gasteiger partial charge in [0.2, 0.25) is 0 Å². The van der Waals surface area contributed by atoms with Crippen LogP contribution in [0.15, 0.2) is 18.3 Å². The average molecular weight is 248 g/mol. The summed E-state index contributed by atoms with van der Waals surface area (Å²) in [5.74, 6) is -0.0211. The van der Waals surface area contributed by atoms with E-state index in [-0.39, 0.29) is 18.5 Å². The maximum Gasteiger partial charge on any atom is 0.141 e. The third-order valence-corrected chi connectivity index (χ3v) is 3.44. The first kappa shape index (κ1) is 12.8. The minimum absolute atomic E-state index is 0.0211. The average Bonchev–Trinajstić information content (AvgIpc) is 2.63. The molecule has 98 valence electrons. The van der Waals surface area contributed by atoms with E-state index in [4.69, 9.17) is 11.1 Å². The summed E-state index contributed by atoms with van der Waals surface area (Å²) in [6.07, 6.45) is 6.18. The highest BCUT2D eigenvalue weighted by Crippen LogP contribution is 2.24. The summed E-state index contributed by atoms with van der Waals surface area (Å²) >= 11 is 0. The van der Waals surface area contributed by atoms with Crippen molar-refractivity contribution >= 4 is 11.5 Å². The van der Waals surface area contributed by atoms with Crippen LogP contribution in [0.3, 0.4) is 0 Å². The molecule has 1 aromatic heterocycles. The van der Waals surface area contributed by atoms with Crippen molar-refractivity contribution in [3.63, 3.8) is 0 Å². The summed E-state index contributed by atoms with van der Waals surface area (Å²) in [5.41, 5.74) is 6.95. The molecule has 0 amide bonds. The number of amidine groups is 1. The molecular weight excluding hydrogens is 228 g/mol. The van der Waals surface area contributed by atoms with Crippen molar-refractivity contribution in [2.45, 2.75) is 31.7 Å². The predicted octanol–water partition coefficient (Wildman–Crippen LogP) is 1.11. The molecule has 1 aliphatic heterocycles. The summed E-state index contributed by atoms with van der Waals surface area (Å²) in [6.45, 7) is 1.10. The van der Waals surface area contributed by atoms with Gasteiger partial charge in [-0.2, -0.15) is 0 Å². The van der Waals surface area contributed by atoms with Crippen LogP contribution in [0.1, 0.15) is 31.4 Å². The highest BCUT2D eigenvalue weighted by atomic mass is 16.3. The first-order valence-corrected chi connectivity index (χ1v) is 6.40. The molecule has 2 rings (SSSR count). The summed E-state index contributed by atoms with van der Waals surface area (Å²) < 4.78 is 0.